The maximum atomic E-state index is 10.4. The largest absolute Gasteiger partial charge is 0.508 e. The summed E-state index contributed by atoms with van der Waals surface area (Å²) in [7, 11) is 0. The first-order valence-corrected chi connectivity index (χ1v) is 8.47. The molecule has 23 heavy (non-hydrogen) atoms. The lowest BCUT2D eigenvalue weighted by atomic mass is 9.93. The van der Waals surface area contributed by atoms with Crippen LogP contribution < -0.4 is 0 Å². The van der Waals surface area contributed by atoms with Crippen LogP contribution in [0.5, 0.6) is 5.75 Å². The lowest BCUT2D eigenvalue weighted by molar-refractivity contribution is 0.0330. The summed E-state index contributed by atoms with van der Waals surface area (Å²) in [6.07, 6.45) is -1.43. The van der Waals surface area contributed by atoms with Crippen molar-refractivity contribution in [2.75, 3.05) is 5.75 Å². The molecule has 2 aromatic carbocycles. The van der Waals surface area contributed by atoms with Gasteiger partial charge in [-0.2, -0.15) is 0 Å². The van der Waals surface area contributed by atoms with Crippen LogP contribution >= 0.6 is 11.8 Å². The van der Waals surface area contributed by atoms with E-state index in [1.165, 1.54) is 11.8 Å². The molecule has 0 aliphatic carbocycles. The smallest absolute Gasteiger partial charge is 0.115 e. The molecule has 0 unspecified atom stereocenters. The lowest BCUT2D eigenvalue weighted by Gasteiger charge is -2.24. The summed E-state index contributed by atoms with van der Waals surface area (Å²) in [5.74, 6) is 0.349. The average molecular weight is 334 g/mol. The van der Waals surface area contributed by atoms with E-state index in [1.54, 1.807) is 48.5 Å². The van der Waals surface area contributed by atoms with Gasteiger partial charge < -0.3 is 20.4 Å². The van der Waals surface area contributed by atoms with Gasteiger partial charge in [0.15, 0.2) is 0 Å². The van der Waals surface area contributed by atoms with Crippen LogP contribution in [0, 0.1) is 5.92 Å². The normalized spacial score (nSPS) is 15.1. The maximum absolute atomic E-state index is 10.4. The minimum Gasteiger partial charge on any atom is -0.508 e. The Hall–Kier alpha value is -1.53. The van der Waals surface area contributed by atoms with Crippen LogP contribution in [0.2, 0.25) is 0 Å². The molecule has 0 aliphatic heterocycles. The second-order valence-corrected chi connectivity index (χ2v) is 6.67. The van der Waals surface area contributed by atoms with E-state index in [4.69, 9.17) is 5.11 Å². The van der Waals surface area contributed by atoms with Gasteiger partial charge in [-0.15, -0.1) is 11.8 Å². The topological polar surface area (TPSA) is 80.9 Å². The molecule has 0 heterocycles. The summed E-state index contributed by atoms with van der Waals surface area (Å²) in [6.45, 7) is 1.78. The summed E-state index contributed by atoms with van der Waals surface area (Å²) in [5.41, 5.74) is 1.51. The van der Waals surface area contributed by atoms with E-state index in [-0.39, 0.29) is 18.3 Å². The van der Waals surface area contributed by atoms with Crippen molar-refractivity contribution in [1.29, 1.82) is 0 Å². The molecule has 124 valence electrons. The second-order valence-electron chi connectivity index (χ2n) is 5.58. The van der Waals surface area contributed by atoms with Crippen LogP contribution in [0.25, 0.3) is 0 Å². The molecular weight excluding hydrogens is 312 g/mol. The van der Waals surface area contributed by atoms with E-state index in [9.17, 15) is 15.3 Å². The van der Waals surface area contributed by atoms with Gasteiger partial charge in [0.2, 0.25) is 0 Å². The summed E-state index contributed by atoms with van der Waals surface area (Å²) >= 11 is 1.48. The van der Waals surface area contributed by atoms with Crippen molar-refractivity contribution >= 4 is 11.8 Å². The van der Waals surface area contributed by atoms with Gasteiger partial charge in [-0.3, -0.25) is 0 Å². The quantitative estimate of drug-likeness (QED) is 0.586. The van der Waals surface area contributed by atoms with Crippen molar-refractivity contribution in [3.63, 3.8) is 0 Å². The van der Waals surface area contributed by atoms with Crippen molar-refractivity contribution in [3.05, 3.63) is 59.7 Å². The standard InChI is InChI=1S/C18H22O4S/c1-12(18(22)14-4-2-13(10-19)3-5-14)17(21)11-23-16-8-6-15(20)7-9-16/h2-9,12,17-22H,10-11H2,1H3/t12-,17+,18+/m0/s1. The van der Waals surface area contributed by atoms with Gasteiger partial charge in [0, 0.05) is 16.6 Å². The van der Waals surface area contributed by atoms with Crippen LogP contribution in [-0.2, 0) is 6.61 Å². The number of hydrogen-bond acceptors (Lipinski definition) is 5. The molecule has 5 heteroatoms. The van der Waals surface area contributed by atoms with Crippen LogP contribution in [0.15, 0.2) is 53.4 Å². The Morgan fingerprint density at radius 1 is 0.957 bits per heavy atom. The third-order valence-corrected chi connectivity index (χ3v) is 4.98. The highest BCUT2D eigenvalue weighted by molar-refractivity contribution is 7.99. The number of aliphatic hydroxyl groups is 3. The van der Waals surface area contributed by atoms with Crippen LogP contribution in [0.3, 0.4) is 0 Å². The number of aromatic hydroxyl groups is 1. The molecule has 0 bridgehead atoms. The van der Waals surface area contributed by atoms with Gasteiger partial charge in [-0.05, 0) is 35.4 Å². The number of aliphatic hydroxyl groups excluding tert-OH is 3. The SMILES string of the molecule is C[C@@H]([C@H](O)CSc1ccc(O)cc1)[C@@H](O)c1ccc(CO)cc1. The highest BCUT2D eigenvalue weighted by atomic mass is 32.2. The summed E-state index contributed by atoms with van der Waals surface area (Å²) < 4.78 is 0. The van der Waals surface area contributed by atoms with Gasteiger partial charge in [0.25, 0.3) is 0 Å². The van der Waals surface area contributed by atoms with Crippen molar-refractivity contribution < 1.29 is 20.4 Å². The Labute approximate surface area is 140 Å². The summed E-state index contributed by atoms with van der Waals surface area (Å²) in [6, 6.07) is 13.9. The molecule has 0 aromatic heterocycles. The average Bonchev–Trinajstić information content (AvgIpc) is 2.59. The molecule has 0 saturated heterocycles. The lowest BCUT2D eigenvalue weighted by Crippen LogP contribution is -2.26. The maximum Gasteiger partial charge on any atom is 0.115 e. The first-order chi connectivity index (χ1) is 11.0. The molecule has 0 spiro atoms. The molecule has 0 aliphatic rings. The van der Waals surface area contributed by atoms with E-state index in [1.807, 2.05) is 6.92 Å². The zero-order valence-electron chi connectivity index (χ0n) is 13.0. The number of phenolic OH excluding ortho intramolecular Hbond substituents is 1. The van der Waals surface area contributed by atoms with Crippen LogP contribution in [0.1, 0.15) is 24.2 Å². The van der Waals surface area contributed by atoms with E-state index < -0.39 is 12.2 Å². The molecule has 0 saturated carbocycles. The molecule has 3 atom stereocenters. The Kier molecular flexibility index (Phi) is 6.47. The molecule has 4 N–H and O–H groups in total. The third-order valence-electron chi connectivity index (χ3n) is 3.87. The number of thioether (sulfide) groups is 1. The highest BCUT2D eigenvalue weighted by Crippen LogP contribution is 2.29. The Balaban J connectivity index is 1.92. The van der Waals surface area contributed by atoms with Crippen molar-refractivity contribution in [2.45, 2.75) is 30.6 Å². The fourth-order valence-corrected chi connectivity index (χ4v) is 3.21. The zero-order valence-corrected chi connectivity index (χ0v) is 13.8. The number of phenols is 1. The van der Waals surface area contributed by atoms with Crippen LogP contribution in [0.4, 0.5) is 0 Å². The first kappa shape index (κ1) is 17.8. The molecular formula is C18H22O4S. The van der Waals surface area contributed by atoms with Crippen molar-refractivity contribution in [3.8, 4) is 5.75 Å². The van der Waals surface area contributed by atoms with Gasteiger partial charge >= 0.3 is 0 Å². The predicted molar refractivity (Wildman–Crippen MR) is 91.3 cm³/mol. The molecule has 4 nitrogen and oxygen atoms in total. The van der Waals surface area contributed by atoms with Crippen molar-refractivity contribution in [1.82, 2.24) is 0 Å². The fraction of sp³-hybridized carbons (Fsp3) is 0.333. The van der Waals surface area contributed by atoms with Gasteiger partial charge in [-0.1, -0.05) is 31.2 Å². The van der Waals surface area contributed by atoms with Crippen molar-refractivity contribution in [2.24, 2.45) is 5.92 Å². The van der Waals surface area contributed by atoms with Gasteiger partial charge in [0.1, 0.15) is 5.75 Å². The molecule has 2 aromatic rings. The first-order valence-electron chi connectivity index (χ1n) is 7.49. The van der Waals surface area contributed by atoms with E-state index >= 15 is 0 Å². The minimum absolute atomic E-state index is 0.0299. The highest BCUT2D eigenvalue weighted by Gasteiger charge is 2.24. The fourth-order valence-electron chi connectivity index (χ4n) is 2.21. The van der Waals surface area contributed by atoms with Crippen LogP contribution in [-0.4, -0.2) is 32.3 Å². The van der Waals surface area contributed by atoms with E-state index in [0.29, 0.717) is 5.75 Å². The number of hydrogen-bond donors (Lipinski definition) is 4. The predicted octanol–water partition coefficient (Wildman–Crippen LogP) is 2.71. The number of benzene rings is 2. The third kappa shape index (κ3) is 4.97. The second kappa shape index (κ2) is 8.36. The zero-order chi connectivity index (χ0) is 16.8. The number of rotatable bonds is 7. The summed E-state index contributed by atoms with van der Waals surface area (Å²) in [4.78, 5) is 0.954. The van der Waals surface area contributed by atoms with Gasteiger partial charge in [-0.25, -0.2) is 0 Å². The Morgan fingerprint density at radius 3 is 2.13 bits per heavy atom. The minimum atomic E-state index is -0.766. The summed E-state index contributed by atoms with van der Waals surface area (Å²) in [5, 5.41) is 39.0. The Morgan fingerprint density at radius 2 is 1.57 bits per heavy atom. The molecule has 0 amide bonds. The molecule has 2 rings (SSSR count). The Bertz CT molecular complexity index is 597. The van der Waals surface area contributed by atoms with E-state index in [0.717, 1.165) is 16.0 Å². The molecule has 0 radical (unpaired) electrons. The monoisotopic (exact) mass is 334 g/mol. The van der Waals surface area contributed by atoms with E-state index in [2.05, 4.69) is 0 Å². The molecule has 0 fully saturated rings. The van der Waals surface area contributed by atoms with Gasteiger partial charge in [0.05, 0.1) is 18.8 Å².